The predicted molar refractivity (Wildman–Crippen MR) is 92.3 cm³/mol. The van der Waals surface area contributed by atoms with E-state index in [9.17, 15) is 4.79 Å². The molecule has 0 saturated carbocycles. The molecule has 0 atom stereocenters. The lowest BCUT2D eigenvalue weighted by molar-refractivity contribution is 0.255. The molecule has 0 aliphatic carbocycles. The molecule has 2 N–H and O–H groups in total. The number of nitrogens with zero attached hydrogens (tertiary/aromatic N) is 2. The second kappa shape index (κ2) is 7.84. The van der Waals surface area contributed by atoms with E-state index in [4.69, 9.17) is 0 Å². The van der Waals surface area contributed by atoms with Crippen molar-refractivity contribution in [1.29, 1.82) is 0 Å². The fourth-order valence-corrected chi connectivity index (χ4v) is 2.30. The van der Waals surface area contributed by atoms with Crippen LogP contribution in [-0.2, 0) is 0 Å². The lowest BCUT2D eigenvalue weighted by Crippen LogP contribution is -2.44. The van der Waals surface area contributed by atoms with Crippen molar-refractivity contribution in [3.05, 3.63) is 36.5 Å². The summed E-state index contributed by atoms with van der Waals surface area (Å²) in [5, 5.41) is 5.52. The average Bonchev–Trinajstić information content (AvgIpc) is 2.48. The Balaban J connectivity index is 1.85. The molecule has 1 saturated heterocycles. The molecule has 0 bridgehead atoms. The van der Waals surface area contributed by atoms with Gasteiger partial charge >= 0.3 is 6.03 Å². The van der Waals surface area contributed by atoms with Gasteiger partial charge in [-0.3, -0.25) is 0 Å². The van der Waals surface area contributed by atoms with Crippen LogP contribution in [0.4, 0.5) is 16.2 Å². The first-order valence-corrected chi connectivity index (χ1v) is 7.82. The van der Waals surface area contributed by atoms with Gasteiger partial charge in [-0.15, -0.1) is 0 Å². The minimum atomic E-state index is -0.218. The number of hydrogen-bond acceptors (Lipinski definition) is 3. The van der Waals surface area contributed by atoms with Crippen LogP contribution in [-0.4, -0.2) is 44.2 Å². The Morgan fingerprint density at radius 2 is 1.77 bits per heavy atom. The standard InChI is InChI=1S/C17H26N4O/c1-14(2)8-9-18-17(22)19-15-4-6-16(7-5-15)21-12-10-20(3)11-13-21/h4-9,14H,10-13H2,1-3H3,(H2,18,19,22)/b9-8+. The summed E-state index contributed by atoms with van der Waals surface area (Å²) in [5.74, 6) is 0.420. The first-order chi connectivity index (χ1) is 10.5. The summed E-state index contributed by atoms with van der Waals surface area (Å²) >= 11 is 0. The Labute approximate surface area is 133 Å². The van der Waals surface area contributed by atoms with Crippen molar-refractivity contribution in [2.75, 3.05) is 43.4 Å². The van der Waals surface area contributed by atoms with Crippen LogP contribution in [0.15, 0.2) is 36.5 Å². The normalized spacial score (nSPS) is 16.3. The second-order valence-electron chi connectivity index (χ2n) is 6.04. The molecule has 2 rings (SSSR count). The van der Waals surface area contributed by atoms with Crippen LogP contribution >= 0.6 is 0 Å². The van der Waals surface area contributed by atoms with Crippen molar-refractivity contribution in [3.8, 4) is 0 Å². The molecule has 1 heterocycles. The second-order valence-corrected chi connectivity index (χ2v) is 6.04. The fourth-order valence-electron chi connectivity index (χ4n) is 2.30. The van der Waals surface area contributed by atoms with E-state index in [1.165, 1.54) is 5.69 Å². The molecule has 0 radical (unpaired) electrons. The molecule has 1 aliphatic rings. The SMILES string of the molecule is CC(C)/C=C/NC(=O)Nc1ccc(N2CCN(C)CC2)cc1. The number of anilines is 2. The molecule has 1 fully saturated rings. The predicted octanol–water partition coefficient (Wildman–Crippen LogP) is 2.73. The largest absolute Gasteiger partial charge is 0.369 e. The van der Waals surface area contributed by atoms with Gasteiger partial charge in [-0.25, -0.2) is 4.79 Å². The van der Waals surface area contributed by atoms with Crippen LogP contribution in [0.25, 0.3) is 0 Å². The van der Waals surface area contributed by atoms with Crippen LogP contribution in [0, 0.1) is 5.92 Å². The highest BCUT2D eigenvalue weighted by molar-refractivity contribution is 5.90. The number of rotatable bonds is 4. The number of hydrogen-bond donors (Lipinski definition) is 2. The Morgan fingerprint density at radius 3 is 2.36 bits per heavy atom. The number of amides is 2. The summed E-state index contributed by atoms with van der Waals surface area (Å²) in [6, 6.07) is 7.79. The third-order valence-corrected chi connectivity index (χ3v) is 3.69. The topological polar surface area (TPSA) is 47.6 Å². The van der Waals surface area contributed by atoms with Crippen molar-refractivity contribution in [2.45, 2.75) is 13.8 Å². The first kappa shape index (κ1) is 16.4. The third-order valence-electron chi connectivity index (χ3n) is 3.69. The number of likely N-dealkylation sites (N-methyl/N-ethyl adjacent to an activating group) is 1. The highest BCUT2D eigenvalue weighted by atomic mass is 16.2. The minimum Gasteiger partial charge on any atom is -0.369 e. The van der Waals surface area contributed by atoms with Crippen molar-refractivity contribution >= 4 is 17.4 Å². The van der Waals surface area contributed by atoms with Gasteiger partial charge in [-0.2, -0.15) is 0 Å². The average molecular weight is 302 g/mol. The number of carbonyl (C=O) groups is 1. The smallest absolute Gasteiger partial charge is 0.323 e. The molecule has 0 unspecified atom stereocenters. The molecular weight excluding hydrogens is 276 g/mol. The van der Waals surface area contributed by atoms with E-state index in [0.29, 0.717) is 5.92 Å². The molecule has 0 spiro atoms. The zero-order valence-electron chi connectivity index (χ0n) is 13.7. The summed E-state index contributed by atoms with van der Waals surface area (Å²) in [7, 11) is 2.15. The van der Waals surface area contributed by atoms with Gasteiger partial charge in [0.25, 0.3) is 0 Å². The van der Waals surface area contributed by atoms with E-state index < -0.39 is 0 Å². The summed E-state index contributed by atoms with van der Waals surface area (Å²) < 4.78 is 0. The Kier molecular flexibility index (Phi) is 5.83. The molecular formula is C17H26N4O. The summed E-state index contributed by atoms with van der Waals surface area (Å²) in [5.41, 5.74) is 2.01. The van der Waals surface area contributed by atoms with E-state index in [1.54, 1.807) is 6.20 Å². The molecule has 1 aliphatic heterocycles. The highest BCUT2D eigenvalue weighted by Crippen LogP contribution is 2.19. The lowest BCUT2D eigenvalue weighted by Gasteiger charge is -2.34. The van der Waals surface area contributed by atoms with Crippen LogP contribution in [0.2, 0.25) is 0 Å². The lowest BCUT2D eigenvalue weighted by atomic mass is 10.2. The van der Waals surface area contributed by atoms with Crippen molar-refractivity contribution in [3.63, 3.8) is 0 Å². The first-order valence-electron chi connectivity index (χ1n) is 7.82. The van der Waals surface area contributed by atoms with Crippen molar-refractivity contribution in [2.24, 2.45) is 5.92 Å². The van der Waals surface area contributed by atoms with Gasteiger partial charge in [0.1, 0.15) is 0 Å². The molecule has 22 heavy (non-hydrogen) atoms. The Bertz CT molecular complexity index is 502. The maximum atomic E-state index is 11.7. The molecule has 1 aromatic carbocycles. The summed E-state index contributed by atoms with van der Waals surface area (Å²) in [6.45, 7) is 8.39. The van der Waals surface area contributed by atoms with Crippen LogP contribution in [0.3, 0.4) is 0 Å². The summed E-state index contributed by atoms with van der Waals surface area (Å²) in [4.78, 5) is 16.4. The maximum Gasteiger partial charge on any atom is 0.323 e. The van der Waals surface area contributed by atoms with E-state index in [2.05, 4.69) is 53.5 Å². The van der Waals surface area contributed by atoms with Gasteiger partial charge in [-0.05, 0) is 37.2 Å². The van der Waals surface area contributed by atoms with E-state index in [1.807, 2.05) is 18.2 Å². The Morgan fingerprint density at radius 1 is 1.14 bits per heavy atom. The third kappa shape index (κ3) is 5.07. The molecule has 2 amide bonds. The Hall–Kier alpha value is -2.01. The van der Waals surface area contributed by atoms with Crippen LogP contribution < -0.4 is 15.5 Å². The fraction of sp³-hybridized carbons (Fsp3) is 0.471. The van der Waals surface area contributed by atoms with Crippen molar-refractivity contribution < 1.29 is 4.79 Å². The zero-order valence-corrected chi connectivity index (χ0v) is 13.7. The van der Waals surface area contributed by atoms with Gasteiger partial charge in [0, 0.05) is 43.8 Å². The maximum absolute atomic E-state index is 11.7. The van der Waals surface area contributed by atoms with Gasteiger partial charge in [-0.1, -0.05) is 19.9 Å². The van der Waals surface area contributed by atoms with Crippen LogP contribution in [0.5, 0.6) is 0 Å². The zero-order chi connectivity index (χ0) is 15.9. The number of nitrogens with one attached hydrogen (secondary N) is 2. The summed E-state index contributed by atoms with van der Waals surface area (Å²) in [6.07, 6.45) is 3.62. The number of benzene rings is 1. The van der Waals surface area contributed by atoms with Gasteiger partial charge in [0.2, 0.25) is 0 Å². The van der Waals surface area contributed by atoms with Gasteiger partial charge in [0.05, 0.1) is 0 Å². The molecule has 0 aromatic heterocycles. The quantitative estimate of drug-likeness (QED) is 0.899. The highest BCUT2D eigenvalue weighted by Gasteiger charge is 2.13. The number of allylic oxidation sites excluding steroid dienone is 1. The van der Waals surface area contributed by atoms with Gasteiger partial charge < -0.3 is 20.4 Å². The molecule has 120 valence electrons. The number of piperazine rings is 1. The van der Waals surface area contributed by atoms with E-state index in [0.717, 1.165) is 31.9 Å². The molecule has 5 heteroatoms. The molecule has 5 nitrogen and oxygen atoms in total. The number of urea groups is 1. The van der Waals surface area contributed by atoms with E-state index in [-0.39, 0.29) is 6.03 Å². The van der Waals surface area contributed by atoms with Crippen molar-refractivity contribution in [1.82, 2.24) is 10.2 Å². The monoisotopic (exact) mass is 302 g/mol. The van der Waals surface area contributed by atoms with Gasteiger partial charge in [0.15, 0.2) is 0 Å². The minimum absolute atomic E-state index is 0.218. The number of carbonyl (C=O) groups excluding carboxylic acids is 1. The molecule has 1 aromatic rings. The van der Waals surface area contributed by atoms with E-state index >= 15 is 0 Å². The van der Waals surface area contributed by atoms with Crippen LogP contribution in [0.1, 0.15) is 13.8 Å².